The van der Waals surface area contributed by atoms with Crippen molar-refractivity contribution in [1.82, 2.24) is 0 Å². The zero-order chi connectivity index (χ0) is 16.4. The summed E-state index contributed by atoms with van der Waals surface area (Å²) in [6, 6.07) is 9.26. The average molecular weight is 379 g/mol. The summed E-state index contributed by atoms with van der Waals surface area (Å²) in [6.07, 6.45) is 2.14. The minimum atomic E-state index is -0.483. The van der Waals surface area contributed by atoms with E-state index in [9.17, 15) is 14.3 Å². The molecule has 1 aliphatic heterocycles. The van der Waals surface area contributed by atoms with Crippen molar-refractivity contribution < 1.29 is 14.3 Å². The third-order valence-corrected chi connectivity index (χ3v) is 4.35. The van der Waals surface area contributed by atoms with Crippen LogP contribution in [0.25, 0.3) is 0 Å². The van der Waals surface area contributed by atoms with Gasteiger partial charge < -0.3 is 15.3 Å². The highest BCUT2D eigenvalue weighted by Gasteiger charge is 2.17. The summed E-state index contributed by atoms with van der Waals surface area (Å²) in [5, 5.41) is 12.4. The molecule has 1 heterocycles. The van der Waals surface area contributed by atoms with Crippen molar-refractivity contribution in [1.29, 1.82) is 0 Å². The quantitative estimate of drug-likeness (QED) is 0.843. The van der Waals surface area contributed by atoms with E-state index >= 15 is 0 Å². The first-order valence-corrected chi connectivity index (χ1v) is 8.18. The highest BCUT2D eigenvalue weighted by molar-refractivity contribution is 9.10. The smallest absolute Gasteiger partial charge is 0.259 e. The number of nitrogens with zero attached hydrogens (tertiary/aromatic N) is 1. The lowest BCUT2D eigenvalue weighted by Crippen LogP contribution is -2.19. The second kappa shape index (κ2) is 6.58. The summed E-state index contributed by atoms with van der Waals surface area (Å²) in [6.45, 7) is 1.71. The minimum Gasteiger partial charge on any atom is -0.507 e. The first-order valence-electron chi connectivity index (χ1n) is 7.39. The maximum Gasteiger partial charge on any atom is 0.259 e. The largest absolute Gasteiger partial charge is 0.507 e. The summed E-state index contributed by atoms with van der Waals surface area (Å²) < 4.78 is 14.9. The summed E-state index contributed by atoms with van der Waals surface area (Å²) in [5.41, 5.74) is 1.06. The Morgan fingerprint density at radius 2 is 1.91 bits per heavy atom. The van der Waals surface area contributed by atoms with Crippen LogP contribution in [-0.4, -0.2) is 24.1 Å². The van der Waals surface area contributed by atoms with Crippen molar-refractivity contribution in [2.75, 3.05) is 23.3 Å². The maximum atomic E-state index is 14.2. The van der Waals surface area contributed by atoms with E-state index < -0.39 is 5.91 Å². The van der Waals surface area contributed by atoms with Gasteiger partial charge in [0.05, 0.1) is 11.3 Å². The standard InChI is InChI=1S/C17H16BrFN2O2/c18-11-3-5-13(16(22)9-11)17(23)20-12-4-6-15(14(19)10-12)21-7-1-2-8-21/h3-6,9-10,22H,1-2,7-8H2,(H,20,23). The van der Waals surface area contributed by atoms with Gasteiger partial charge in [-0.2, -0.15) is 0 Å². The van der Waals surface area contributed by atoms with Gasteiger partial charge >= 0.3 is 0 Å². The van der Waals surface area contributed by atoms with Crippen LogP contribution < -0.4 is 10.2 Å². The molecule has 0 aliphatic carbocycles. The number of nitrogens with one attached hydrogen (secondary N) is 1. The molecule has 6 heteroatoms. The van der Waals surface area contributed by atoms with Gasteiger partial charge in [0.1, 0.15) is 11.6 Å². The van der Waals surface area contributed by atoms with Gasteiger partial charge in [-0.25, -0.2) is 4.39 Å². The van der Waals surface area contributed by atoms with Crippen LogP contribution in [0.15, 0.2) is 40.9 Å². The number of aromatic hydroxyl groups is 1. The van der Waals surface area contributed by atoms with E-state index in [2.05, 4.69) is 21.2 Å². The monoisotopic (exact) mass is 378 g/mol. The zero-order valence-electron chi connectivity index (χ0n) is 12.4. The molecule has 0 spiro atoms. The third-order valence-electron chi connectivity index (χ3n) is 3.86. The molecule has 2 aromatic carbocycles. The Hall–Kier alpha value is -2.08. The lowest BCUT2D eigenvalue weighted by atomic mass is 10.2. The fourth-order valence-corrected chi connectivity index (χ4v) is 3.04. The van der Waals surface area contributed by atoms with E-state index in [0.717, 1.165) is 25.9 Å². The SMILES string of the molecule is O=C(Nc1ccc(N2CCCC2)c(F)c1)c1ccc(Br)cc1O. The first kappa shape index (κ1) is 15.8. The van der Waals surface area contributed by atoms with Crippen LogP contribution in [-0.2, 0) is 0 Å². The fourth-order valence-electron chi connectivity index (χ4n) is 2.69. The molecule has 2 N–H and O–H groups in total. The average Bonchev–Trinajstić information content (AvgIpc) is 3.01. The molecular formula is C17H16BrFN2O2. The summed E-state index contributed by atoms with van der Waals surface area (Å²) in [5.74, 6) is -0.973. The Kier molecular flexibility index (Phi) is 4.52. The summed E-state index contributed by atoms with van der Waals surface area (Å²) in [7, 11) is 0. The lowest BCUT2D eigenvalue weighted by molar-refractivity contribution is 0.102. The predicted molar refractivity (Wildman–Crippen MR) is 91.6 cm³/mol. The number of phenols is 1. The van der Waals surface area contributed by atoms with E-state index in [1.807, 2.05) is 4.90 Å². The van der Waals surface area contributed by atoms with Crippen LogP contribution >= 0.6 is 15.9 Å². The van der Waals surface area contributed by atoms with Crippen molar-refractivity contribution in [2.24, 2.45) is 0 Å². The molecule has 0 bridgehead atoms. The molecule has 0 saturated carbocycles. The maximum absolute atomic E-state index is 14.2. The minimum absolute atomic E-state index is 0.133. The van der Waals surface area contributed by atoms with E-state index in [4.69, 9.17) is 0 Å². The molecule has 0 aromatic heterocycles. The number of amides is 1. The number of halogens is 2. The van der Waals surface area contributed by atoms with E-state index in [1.54, 1.807) is 18.2 Å². The third kappa shape index (κ3) is 3.47. The molecule has 1 aliphatic rings. The highest BCUT2D eigenvalue weighted by atomic mass is 79.9. The van der Waals surface area contributed by atoms with Crippen molar-refractivity contribution in [3.05, 3.63) is 52.3 Å². The van der Waals surface area contributed by atoms with Crippen molar-refractivity contribution in [3.63, 3.8) is 0 Å². The number of rotatable bonds is 3. The number of carbonyl (C=O) groups is 1. The van der Waals surface area contributed by atoms with Crippen LogP contribution in [0.4, 0.5) is 15.8 Å². The number of hydrogen-bond donors (Lipinski definition) is 2. The van der Waals surface area contributed by atoms with Crippen molar-refractivity contribution in [2.45, 2.75) is 12.8 Å². The normalized spacial score (nSPS) is 14.1. The van der Waals surface area contributed by atoms with E-state index in [0.29, 0.717) is 15.8 Å². The number of anilines is 2. The van der Waals surface area contributed by atoms with Gasteiger partial charge in [-0.3, -0.25) is 4.79 Å². The molecule has 1 amide bonds. The molecule has 4 nitrogen and oxygen atoms in total. The van der Waals surface area contributed by atoms with Crippen LogP contribution in [0.2, 0.25) is 0 Å². The molecular weight excluding hydrogens is 363 g/mol. The van der Waals surface area contributed by atoms with Gasteiger partial charge in [0, 0.05) is 23.2 Å². The van der Waals surface area contributed by atoms with Gasteiger partial charge in [0.2, 0.25) is 0 Å². The van der Waals surface area contributed by atoms with Gasteiger partial charge in [0.25, 0.3) is 5.91 Å². The van der Waals surface area contributed by atoms with Crippen molar-refractivity contribution in [3.8, 4) is 5.75 Å². The number of carbonyl (C=O) groups excluding carboxylic acids is 1. The summed E-state index contributed by atoms with van der Waals surface area (Å²) in [4.78, 5) is 14.2. The number of phenolic OH excluding ortho intramolecular Hbond substituents is 1. The predicted octanol–water partition coefficient (Wildman–Crippen LogP) is 4.15. The Morgan fingerprint density at radius 3 is 2.57 bits per heavy atom. The highest BCUT2D eigenvalue weighted by Crippen LogP contribution is 2.27. The van der Waals surface area contributed by atoms with Crippen molar-refractivity contribution >= 4 is 33.2 Å². The molecule has 1 fully saturated rings. The molecule has 2 aromatic rings. The molecule has 120 valence electrons. The number of hydrogen-bond acceptors (Lipinski definition) is 3. The van der Waals surface area contributed by atoms with Crippen LogP contribution in [0.3, 0.4) is 0 Å². The topological polar surface area (TPSA) is 52.6 Å². The Bertz CT molecular complexity index is 745. The Labute approximate surface area is 142 Å². The molecule has 23 heavy (non-hydrogen) atoms. The van der Waals surface area contributed by atoms with Crippen LogP contribution in [0.1, 0.15) is 23.2 Å². The lowest BCUT2D eigenvalue weighted by Gasteiger charge is -2.19. The molecule has 0 atom stereocenters. The fraction of sp³-hybridized carbons (Fsp3) is 0.235. The second-order valence-corrected chi connectivity index (χ2v) is 6.39. The molecule has 3 rings (SSSR count). The molecule has 1 saturated heterocycles. The summed E-state index contributed by atoms with van der Waals surface area (Å²) >= 11 is 3.22. The van der Waals surface area contributed by atoms with Gasteiger partial charge in [0.15, 0.2) is 0 Å². The van der Waals surface area contributed by atoms with Gasteiger partial charge in [-0.05, 0) is 49.2 Å². The molecule has 0 radical (unpaired) electrons. The Balaban J connectivity index is 1.77. The van der Waals surface area contributed by atoms with Crippen LogP contribution in [0, 0.1) is 5.82 Å². The van der Waals surface area contributed by atoms with E-state index in [1.165, 1.54) is 18.2 Å². The zero-order valence-corrected chi connectivity index (χ0v) is 13.9. The van der Waals surface area contributed by atoms with Crippen LogP contribution in [0.5, 0.6) is 5.75 Å². The molecule has 0 unspecified atom stereocenters. The first-order chi connectivity index (χ1) is 11.0. The number of benzene rings is 2. The van der Waals surface area contributed by atoms with Gasteiger partial charge in [-0.1, -0.05) is 15.9 Å². The second-order valence-electron chi connectivity index (χ2n) is 5.48. The van der Waals surface area contributed by atoms with E-state index in [-0.39, 0.29) is 17.1 Å². The van der Waals surface area contributed by atoms with Gasteiger partial charge in [-0.15, -0.1) is 0 Å². The Morgan fingerprint density at radius 1 is 1.17 bits per heavy atom.